The maximum Gasteiger partial charge on any atom is 0.318 e. The molecule has 1 N–H and O–H groups in total. The Kier molecular flexibility index (Phi) is 3.76. The molecule has 7 nitrogen and oxygen atoms in total. The van der Waals surface area contributed by atoms with Crippen molar-refractivity contribution >= 4 is 32.7 Å². The normalized spacial score (nSPS) is 14.0. The molecule has 8 heteroatoms. The standard InChI is InChI=1S/C19H13NO6S/c1-11-5-2-3-8-16(11)27(24,25)26-20-18(22)14-7-4-6-12-9-13(21)10-15(17(12)14)19(20)23/h2-10,21H,1H3. The second kappa shape index (κ2) is 5.90. The van der Waals surface area contributed by atoms with E-state index in [0.29, 0.717) is 16.3 Å². The number of hydrogen-bond donors (Lipinski definition) is 1. The fourth-order valence-electron chi connectivity index (χ4n) is 3.11. The average molecular weight is 383 g/mol. The first-order chi connectivity index (χ1) is 12.8. The van der Waals surface area contributed by atoms with Gasteiger partial charge >= 0.3 is 10.1 Å². The van der Waals surface area contributed by atoms with E-state index in [1.807, 2.05) is 0 Å². The highest BCUT2D eigenvalue weighted by Crippen LogP contribution is 2.34. The zero-order valence-corrected chi connectivity index (χ0v) is 14.9. The van der Waals surface area contributed by atoms with Crippen molar-refractivity contribution in [3.8, 4) is 5.75 Å². The first kappa shape index (κ1) is 17.2. The fraction of sp³-hybridized carbons (Fsp3) is 0.0526. The van der Waals surface area contributed by atoms with Crippen molar-refractivity contribution in [2.45, 2.75) is 11.8 Å². The number of benzene rings is 3. The van der Waals surface area contributed by atoms with Gasteiger partial charge in [0, 0.05) is 5.39 Å². The van der Waals surface area contributed by atoms with Gasteiger partial charge in [0.1, 0.15) is 5.75 Å². The van der Waals surface area contributed by atoms with Gasteiger partial charge in [0.05, 0.1) is 16.0 Å². The van der Waals surface area contributed by atoms with E-state index in [4.69, 9.17) is 4.28 Å². The van der Waals surface area contributed by atoms with Crippen molar-refractivity contribution in [3.63, 3.8) is 0 Å². The predicted octanol–water partition coefficient (Wildman–Crippen LogP) is 2.77. The van der Waals surface area contributed by atoms with Crippen LogP contribution in [-0.2, 0) is 14.4 Å². The number of hydrogen-bond acceptors (Lipinski definition) is 6. The number of imide groups is 1. The zero-order chi connectivity index (χ0) is 19.3. The third kappa shape index (κ3) is 2.66. The van der Waals surface area contributed by atoms with Crippen LogP contribution in [0.3, 0.4) is 0 Å². The minimum Gasteiger partial charge on any atom is -0.508 e. The van der Waals surface area contributed by atoms with Crippen LogP contribution >= 0.6 is 0 Å². The van der Waals surface area contributed by atoms with E-state index >= 15 is 0 Å². The van der Waals surface area contributed by atoms with Crippen LogP contribution in [0.25, 0.3) is 10.8 Å². The van der Waals surface area contributed by atoms with E-state index in [2.05, 4.69) is 0 Å². The minimum absolute atomic E-state index is 0.0137. The maximum atomic E-state index is 12.8. The summed E-state index contributed by atoms with van der Waals surface area (Å²) in [6.45, 7) is 1.57. The Bertz CT molecular complexity index is 1230. The van der Waals surface area contributed by atoms with Gasteiger partial charge in [0.2, 0.25) is 0 Å². The Morgan fingerprint density at radius 3 is 2.37 bits per heavy atom. The molecule has 3 aromatic rings. The Hall–Kier alpha value is -3.23. The number of nitrogens with zero attached hydrogens (tertiary/aromatic N) is 1. The van der Waals surface area contributed by atoms with Crippen molar-refractivity contribution in [2.75, 3.05) is 0 Å². The summed E-state index contributed by atoms with van der Waals surface area (Å²) >= 11 is 0. The number of carbonyl (C=O) groups is 2. The molecule has 0 saturated carbocycles. The van der Waals surface area contributed by atoms with Crippen LogP contribution in [0.15, 0.2) is 59.5 Å². The lowest BCUT2D eigenvalue weighted by molar-refractivity contribution is -0.0155. The first-order valence-electron chi connectivity index (χ1n) is 7.94. The van der Waals surface area contributed by atoms with Gasteiger partial charge in [-0.15, -0.1) is 9.35 Å². The van der Waals surface area contributed by atoms with Crippen LogP contribution in [0.2, 0.25) is 0 Å². The molecular formula is C19H13NO6S. The third-order valence-electron chi connectivity index (χ3n) is 4.33. The molecule has 0 spiro atoms. The van der Waals surface area contributed by atoms with Gasteiger partial charge in [0.25, 0.3) is 11.8 Å². The summed E-state index contributed by atoms with van der Waals surface area (Å²) in [5.74, 6) is -2.03. The second-order valence-electron chi connectivity index (χ2n) is 6.10. The highest BCUT2D eigenvalue weighted by molar-refractivity contribution is 7.86. The number of hydroxylamine groups is 2. The largest absolute Gasteiger partial charge is 0.508 e. The third-order valence-corrected chi connectivity index (χ3v) is 5.67. The second-order valence-corrected chi connectivity index (χ2v) is 7.59. The van der Waals surface area contributed by atoms with Crippen molar-refractivity contribution in [2.24, 2.45) is 0 Å². The number of phenols is 1. The number of aromatic hydroxyl groups is 1. The van der Waals surface area contributed by atoms with Crippen molar-refractivity contribution in [3.05, 3.63) is 71.3 Å². The van der Waals surface area contributed by atoms with Crippen LogP contribution in [-0.4, -0.2) is 30.4 Å². The Balaban J connectivity index is 1.84. The van der Waals surface area contributed by atoms with Crippen molar-refractivity contribution in [1.29, 1.82) is 0 Å². The first-order valence-corrected chi connectivity index (χ1v) is 9.35. The molecule has 3 aromatic carbocycles. The van der Waals surface area contributed by atoms with E-state index in [-0.39, 0.29) is 26.8 Å². The number of rotatable bonds is 3. The molecule has 0 fully saturated rings. The molecule has 0 bridgehead atoms. The summed E-state index contributed by atoms with van der Waals surface area (Å²) in [7, 11) is -4.42. The SMILES string of the molecule is Cc1ccccc1S(=O)(=O)ON1C(=O)c2cccc3cc(O)cc(c23)C1=O. The number of carbonyl (C=O) groups excluding carboxylic acids is 2. The average Bonchev–Trinajstić information content (AvgIpc) is 2.63. The molecule has 1 aliphatic heterocycles. The molecule has 0 aliphatic carbocycles. The van der Waals surface area contributed by atoms with Crippen LogP contribution in [0.5, 0.6) is 5.75 Å². The maximum absolute atomic E-state index is 12.8. The van der Waals surface area contributed by atoms with Gasteiger partial charge in [-0.05, 0) is 42.1 Å². The minimum atomic E-state index is -4.42. The smallest absolute Gasteiger partial charge is 0.318 e. The van der Waals surface area contributed by atoms with Gasteiger partial charge in [-0.25, -0.2) is 0 Å². The lowest BCUT2D eigenvalue weighted by Gasteiger charge is -2.25. The van der Waals surface area contributed by atoms with Gasteiger partial charge < -0.3 is 5.11 Å². The Labute approximate surface area is 154 Å². The van der Waals surface area contributed by atoms with Gasteiger partial charge in [-0.1, -0.05) is 30.3 Å². The summed E-state index contributed by atoms with van der Waals surface area (Å²) in [4.78, 5) is 25.4. The molecule has 1 aliphatic rings. The van der Waals surface area contributed by atoms with Gasteiger partial charge in [-0.3, -0.25) is 9.59 Å². The molecule has 1 heterocycles. The quantitative estimate of drug-likeness (QED) is 0.698. The molecule has 0 atom stereocenters. The number of aryl methyl sites for hydroxylation is 1. The molecule has 136 valence electrons. The Morgan fingerprint density at radius 1 is 0.926 bits per heavy atom. The van der Waals surface area contributed by atoms with E-state index in [1.54, 1.807) is 31.2 Å². The highest BCUT2D eigenvalue weighted by atomic mass is 32.2. The summed E-state index contributed by atoms with van der Waals surface area (Å²) < 4.78 is 30.2. The molecule has 2 amide bonds. The molecular weight excluding hydrogens is 370 g/mol. The van der Waals surface area contributed by atoms with E-state index < -0.39 is 21.9 Å². The van der Waals surface area contributed by atoms with E-state index in [1.165, 1.54) is 30.3 Å². The fourth-order valence-corrected chi connectivity index (χ4v) is 4.23. The molecule has 4 rings (SSSR count). The van der Waals surface area contributed by atoms with Crippen molar-refractivity contribution < 1.29 is 27.4 Å². The lowest BCUT2D eigenvalue weighted by Crippen LogP contribution is -2.41. The molecule has 0 aromatic heterocycles. The zero-order valence-electron chi connectivity index (χ0n) is 14.0. The predicted molar refractivity (Wildman–Crippen MR) is 95.6 cm³/mol. The summed E-state index contributed by atoms with van der Waals surface area (Å²) in [6.07, 6.45) is 0. The van der Waals surface area contributed by atoms with E-state index in [0.717, 1.165) is 0 Å². The summed E-state index contributed by atoms with van der Waals surface area (Å²) in [5, 5.41) is 10.9. The number of amides is 2. The molecule has 0 saturated heterocycles. The van der Waals surface area contributed by atoms with Crippen LogP contribution in [0.4, 0.5) is 0 Å². The molecule has 27 heavy (non-hydrogen) atoms. The Morgan fingerprint density at radius 2 is 1.63 bits per heavy atom. The van der Waals surface area contributed by atoms with Crippen LogP contribution in [0.1, 0.15) is 26.3 Å². The van der Waals surface area contributed by atoms with Crippen LogP contribution < -0.4 is 0 Å². The van der Waals surface area contributed by atoms with Crippen molar-refractivity contribution in [1.82, 2.24) is 5.06 Å². The van der Waals surface area contributed by atoms with Crippen LogP contribution in [0, 0.1) is 6.92 Å². The van der Waals surface area contributed by atoms with Gasteiger partial charge in [-0.2, -0.15) is 8.42 Å². The monoisotopic (exact) mass is 383 g/mol. The van der Waals surface area contributed by atoms with E-state index in [9.17, 15) is 23.1 Å². The lowest BCUT2D eigenvalue weighted by atomic mass is 9.95. The highest BCUT2D eigenvalue weighted by Gasteiger charge is 2.38. The topological polar surface area (TPSA) is 101 Å². The summed E-state index contributed by atoms with van der Waals surface area (Å²) in [5.41, 5.74) is 0.511. The molecule has 0 radical (unpaired) electrons. The summed E-state index contributed by atoms with van der Waals surface area (Å²) in [6, 6.07) is 13.3. The molecule has 0 unspecified atom stereocenters. The number of phenolic OH excluding ortho intramolecular Hbond substituents is 1. The van der Waals surface area contributed by atoms with Gasteiger partial charge in [0.15, 0.2) is 0 Å².